The summed E-state index contributed by atoms with van der Waals surface area (Å²) in [6.07, 6.45) is 0. The van der Waals surface area contributed by atoms with E-state index in [1.165, 1.54) is 0 Å². The lowest BCUT2D eigenvalue weighted by molar-refractivity contribution is 0.0951. The highest BCUT2D eigenvalue weighted by Gasteiger charge is 2.23. The summed E-state index contributed by atoms with van der Waals surface area (Å²) < 4.78 is 0. The maximum atomic E-state index is 11.7. The van der Waals surface area contributed by atoms with Crippen molar-refractivity contribution in [3.8, 4) is 0 Å². The molecule has 3 nitrogen and oxygen atoms in total. The predicted octanol–water partition coefficient (Wildman–Crippen LogP) is 2.69. The molecule has 0 spiro atoms. The van der Waals surface area contributed by atoms with Crippen LogP contribution in [0.2, 0.25) is 0 Å². The number of carbonyl (C=O) groups is 1. The molecule has 3 N–H and O–H groups in total. The second kappa shape index (κ2) is 5.82. The molecule has 1 aromatic carbocycles. The zero-order chi connectivity index (χ0) is 13.0. The first kappa shape index (κ1) is 13.7. The van der Waals surface area contributed by atoms with Crippen molar-refractivity contribution in [3.63, 3.8) is 0 Å². The van der Waals surface area contributed by atoms with Gasteiger partial charge in [-0.05, 0) is 29.4 Å². The van der Waals surface area contributed by atoms with Gasteiger partial charge in [-0.15, -0.1) is 0 Å². The third-order valence-corrected chi connectivity index (χ3v) is 3.13. The minimum Gasteiger partial charge on any atom is -0.290 e. The van der Waals surface area contributed by atoms with Crippen LogP contribution in [-0.2, 0) is 0 Å². The van der Waals surface area contributed by atoms with Crippen LogP contribution in [0.1, 0.15) is 49.5 Å². The standard InChI is InChI=1S/C14H22N2O/c1-9(2)13(10(3)4)11-7-5-6-8-12(11)14(17)16-15/h5-10,13H,15H2,1-4H3,(H,16,17). The topological polar surface area (TPSA) is 55.1 Å². The van der Waals surface area contributed by atoms with Crippen molar-refractivity contribution in [2.24, 2.45) is 17.7 Å². The molecular weight excluding hydrogens is 212 g/mol. The molecule has 0 aliphatic rings. The minimum absolute atomic E-state index is 0.216. The fourth-order valence-electron chi connectivity index (χ4n) is 2.56. The fraction of sp³-hybridized carbons (Fsp3) is 0.500. The molecule has 0 aromatic heterocycles. The van der Waals surface area contributed by atoms with E-state index < -0.39 is 0 Å². The van der Waals surface area contributed by atoms with E-state index in [2.05, 4.69) is 33.1 Å². The lowest BCUT2D eigenvalue weighted by Gasteiger charge is -2.27. The zero-order valence-corrected chi connectivity index (χ0v) is 11.0. The van der Waals surface area contributed by atoms with Crippen molar-refractivity contribution in [1.29, 1.82) is 0 Å². The molecule has 0 aliphatic carbocycles. The Kier molecular flexibility index (Phi) is 4.70. The lowest BCUT2D eigenvalue weighted by Crippen LogP contribution is -2.31. The van der Waals surface area contributed by atoms with Gasteiger partial charge >= 0.3 is 0 Å². The van der Waals surface area contributed by atoms with Gasteiger partial charge in [-0.25, -0.2) is 5.84 Å². The summed E-state index contributed by atoms with van der Waals surface area (Å²) in [5.41, 5.74) is 3.98. The number of benzene rings is 1. The highest BCUT2D eigenvalue weighted by Crippen LogP contribution is 2.33. The summed E-state index contributed by atoms with van der Waals surface area (Å²) in [4.78, 5) is 11.7. The second-order valence-corrected chi connectivity index (χ2v) is 5.07. The third kappa shape index (κ3) is 3.07. The molecule has 3 heteroatoms. The molecule has 1 aromatic rings. The fourth-order valence-corrected chi connectivity index (χ4v) is 2.56. The van der Waals surface area contributed by atoms with Gasteiger partial charge in [0, 0.05) is 5.56 Å². The Morgan fingerprint density at radius 2 is 1.65 bits per heavy atom. The Hall–Kier alpha value is -1.35. The largest absolute Gasteiger partial charge is 0.290 e. The summed E-state index contributed by atoms with van der Waals surface area (Å²) in [7, 11) is 0. The van der Waals surface area contributed by atoms with Crippen molar-refractivity contribution in [2.45, 2.75) is 33.6 Å². The van der Waals surface area contributed by atoms with Crippen LogP contribution in [0.5, 0.6) is 0 Å². The summed E-state index contributed by atoms with van der Waals surface area (Å²) >= 11 is 0. The molecular formula is C14H22N2O. The summed E-state index contributed by atoms with van der Waals surface area (Å²) in [6.45, 7) is 8.73. The molecule has 1 rings (SSSR count). The van der Waals surface area contributed by atoms with E-state index >= 15 is 0 Å². The van der Waals surface area contributed by atoms with Gasteiger partial charge in [-0.1, -0.05) is 45.9 Å². The second-order valence-electron chi connectivity index (χ2n) is 5.07. The number of hydrazine groups is 1. The number of amides is 1. The number of nitrogens with two attached hydrogens (primary N) is 1. The predicted molar refractivity (Wildman–Crippen MR) is 70.5 cm³/mol. The molecule has 0 unspecified atom stereocenters. The molecule has 1 amide bonds. The molecule has 0 heterocycles. The van der Waals surface area contributed by atoms with Crippen LogP contribution in [-0.4, -0.2) is 5.91 Å². The van der Waals surface area contributed by atoms with Crippen molar-refractivity contribution >= 4 is 5.91 Å². The average molecular weight is 234 g/mol. The van der Waals surface area contributed by atoms with Crippen LogP contribution in [0.4, 0.5) is 0 Å². The van der Waals surface area contributed by atoms with Crippen molar-refractivity contribution in [3.05, 3.63) is 35.4 Å². The van der Waals surface area contributed by atoms with Crippen LogP contribution in [0.3, 0.4) is 0 Å². The quantitative estimate of drug-likeness (QED) is 0.478. The number of hydrogen-bond acceptors (Lipinski definition) is 2. The molecule has 94 valence electrons. The maximum Gasteiger partial charge on any atom is 0.265 e. The highest BCUT2D eigenvalue weighted by atomic mass is 16.2. The number of nitrogens with one attached hydrogen (secondary N) is 1. The van der Waals surface area contributed by atoms with Gasteiger partial charge in [0.05, 0.1) is 0 Å². The van der Waals surface area contributed by atoms with Gasteiger partial charge in [-0.3, -0.25) is 10.2 Å². The van der Waals surface area contributed by atoms with E-state index in [0.717, 1.165) is 5.56 Å². The molecule has 0 radical (unpaired) electrons. The Bertz CT molecular complexity index is 378. The summed E-state index contributed by atoms with van der Waals surface area (Å²) in [5.74, 6) is 6.35. The van der Waals surface area contributed by atoms with Gasteiger partial charge in [0.2, 0.25) is 0 Å². The monoisotopic (exact) mass is 234 g/mol. The van der Waals surface area contributed by atoms with Crippen LogP contribution >= 0.6 is 0 Å². The Labute approximate surface area is 103 Å². The van der Waals surface area contributed by atoms with Crippen LogP contribution in [0.25, 0.3) is 0 Å². The smallest absolute Gasteiger partial charge is 0.265 e. The number of nitrogen functional groups attached to an aromatic ring is 1. The van der Waals surface area contributed by atoms with Crippen molar-refractivity contribution in [2.75, 3.05) is 0 Å². The van der Waals surface area contributed by atoms with Gasteiger partial charge < -0.3 is 0 Å². The van der Waals surface area contributed by atoms with E-state index in [1.54, 1.807) is 0 Å². The molecule has 0 saturated heterocycles. The minimum atomic E-state index is -0.216. The number of carbonyl (C=O) groups excluding carboxylic acids is 1. The van der Waals surface area contributed by atoms with E-state index in [0.29, 0.717) is 23.3 Å². The van der Waals surface area contributed by atoms with Gasteiger partial charge in [0.1, 0.15) is 0 Å². The van der Waals surface area contributed by atoms with Gasteiger partial charge in [-0.2, -0.15) is 0 Å². The molecule has 0 bridgehead atoms. The molecule has 0 saturated carbocycles. The number of hydrogen-bond donors (Lipinski definition) is 2. The SMILES string of the molecule is CC(C)C(c1ccccc1C(=O)NN)C(C)C. The first-order valence-electron chi connectivity index (χ1n) is 6.08. The Balaban J connectivity index is 3.23. The maximum absolute atomic E-state index is 11.7. The molecule has 0 atom stereocenters. The van der Waals surface area contributed by atoms with E-state index in [1.807, 2.05) is 24.3 Å². The van der Waals surface area contributed by atoms with Gasteiger partial charge in [0.25, 0.3) is 5.91 Å². The normalized spacial score (nSPS) is 11.3. The van der Waals surface area contributed by atoms with Crippen LogP contribution < -0.4 is 11.3 Å². The number of rotatable bonds is 4. The Morgan fingerprint density at radius 3 is 2.12 bits per heavy atom. The first-order chi connectivity index (χ1) is 7.99. The zero-order valence-electron chi connectivity index (χ0n) is 11.0. The first-order valence-corrected chi connectivity index (χ1v) is 6.08. The molecule has 0 fully saturated rings. The highest BCUT2D eigenvalue weighted by molar-refractivity contribution is 5.95. The van der Waals surface area contributed by atoms with Crippen molar-refractivity contribution < 1.29 is 4.79 Å². The lowest BCUT2D eigenvalue weighted by atomic mass is 9.78. The Morgan fingerprint density at radius 1 is 1.12 bits per heavy atom. The third-order valence-electron chi connectivity index (χ3n) is 3.13. The average Bonchev–Trinajstić information content (AvgIpc) is 2.28. The van der Waals surface area contributed by atoms with Crippen molar-refractivity contribution in [1.82, 2.24) is 5.43 Å². The van der Waals surface area contributed by atoms with E-state index in [4.69, 9.17) is 5.84 Å². The molecule has 17 heavy (non-hydrogen) atoms. The summed E-state index contributed by atoms with van der Waals surface area (Å²) in [6, 6.07) is 7.69. The van der Waals surface area contributed by atoms with E-state index in [-0.39, 0.29) is 5.91 Å². The summed E-state index contributed by atoms with van der Waals surface area (Å²) in [5, 5.41) is 0. The van der Waals surface area contributed by atoms with Crippen LogP contribution in [0.15, 0.2) is 24.3 Å². The van der Waals surface area contributed by atoms with Crippen LogP contribution in [0, 0.1) is 11.8 Å². The van der Waals surface area contributed by atoms with E-state index in [9.17, 15) is 4.79 Å². The van der Waals surface area contributed by atoms with Gasteiger partial charge in [0.15, 0.2) is 0 Å². The molecule has 0 aliphatic heterocycles.